The van der Waals surface area contributed by atoms with Gasteiger partial charge in [0.2, 0.25) is 0 Å². The fourth-order valence-corrected chi connectivity index (χ4v) is 3.00. The van der Waals surface area contributed by atoms with Crippen molar-refractivity contribution in [2.75, 3.05) is 0 Å². The molecule has 0 spiro atoms. The van der Waals surface area contributed by atoms with Crippen molar-refractivity contribution in [2.45, 2.75) is 33.6 Å². The summed E-state index contributed by atoms with van der Waals surface area (Å²) in [5.41, 5.74) is 8.83. The van der Waals surface area contributed by atoms with Gasteiger partial charge in [-0.3, -0.25) is 4.99 Å². The molecule has 0 saturated carbocycles. The van der Waals surface area contributed by atoms with Crippen LogP contribution in [0.4, 0.5) is 5.69 Å². The summed E-state index contributed by atoms with van der Waals surface area (Å²) < 4.78 is 0. The molecule has 0 bridgehead atoms. The summed E-state index contributed by atoms with van der Waals surface area (Å²) in [4.78, 5) is 4.63. The van der Waals surface area contributed by atoms with E-state index in [2.05, 4.69) is 57.0 Å². The Hall–Kier alpha value is -2.41. The number of nitrogens with zero attached hydrogens (tertiary/aromatic N) is 1. The molecule has 1 aromatic rings. The standard InChI is InChI=1S/C22H23N/c1-15(2)18-11-10-16(3)22-19(12-17(4)21(22)13-18)14-23-20-8-6-5-7-9-20/h5-15H,1-4H3. The van der Waals surface area contributed by atoms with Crippen LogP contribution in [-0.4, -0.2) is 6.21 Å². The Kier molecular flexibility index (Phi) is 4.29. The molecule has 0 aromatic heterocycles. The second-order valence-corrected chi connectivity index (χ2v) is 6.48. The van der Waals surface area contributed by atoms with Crippen LogP contribution in [0.5, 0.6) is 0 Å². The van der Waals surface area contributed by atoms with E-state index in [1.807, 2.05) is 36.5 Å². The second-order valence-electron chi connectivity index (χ2n) is 6.48. The molecular formula is C22H23N. The molecule has 0 amide bonds. The highest BCUT2D eigenvalue weighted by molar-refractivity contribution is 5.96. The molecule has 0 heterocycles. The zero-order chi connectivity index (χ0) is 16.4. The van der Waals surface area contributed by atoms with Crippen molar-refractivity contribution in [3.8, 4) is 11.1 Å². The first-order chi connectivity index (χ1) is 11.1. The number of aliphatic imine (C=N–C) groups is 1. The smallest absolute Gasteiger partial charge is 0.0629 e. The van der Waals surface area contributed by atoms with E-state index < -0.39 is 0 Å². The van der Waals surface area contributed by atoms with Crippen LogP contribution in [0.3, 0.4) is 0 Å². The Bertz CT molecular complexity index is 813. The first-order valence-corrected chi connectivity index (χ1v) is 8.19. The highest BCUT2D eigenvalue weighted by Gasteiger charge is 2.15. The van der Waals surface area contributed by atoms with Gasteiger partial charge in [0.1, 0.15) is 0 Å². The van der Waals surface area contributed by atoms with E-state index in [0.29, 0.717) is 5.92 Å². The lowest BCUT2D eigenvalue weighted by Gasteiger charge is -2.04. The zero-order valence-corrected chi connectivity index (χ0v) is 14.3. The molecule has 116 valence electrons. The Morgan fingerprint density at radius 3 is 2.30 bits per heavy atom. The molecule has 1 aromatic carbocycles. The summed E-state index contributed by atoms with van der Waals surface area (Å²) in [5.74, 6) is 0.528. The maximum atomic E-state index is 4.63. The predicted molar refractivity (Wildman–Crippen MR) is 100 cm³/mol. The molecule has 0 N–H and O–H groups in total. The lowest BCUT2D eigenvalue weighted by Crippen LogP contribution is -1.85. The number of aryl methyl sites for hydroxylation is 2. The van der Waals surface area contributed by atoms with E-state index in [1.165, 1.54) is 33.4 Å². The van der Waals surface area contributed by atoms with Gasteiger partial charge in [0, 0.05) is 11.8 Å². The second kappa shape index (κ2) is 6.37. The van der Waals surface area contributed by atoms with Gasteiger partial charge >= 0.3 is 0 Å². The van der Waals surface area contributed by atoms with Gasteiger partial charge < -0.3 is 0 Å². The van der Waals surface area contributed by atoms with Gasteiger partial charge in [0.05, 0.1) is 5.69 Å². The molecule has 2 aliphatic carbocycles. The monoisotopic (exact) mass is 301 g/mol. The molecule has 3 rings (SSSR count). The van der Waals surface area contributed by atoms with Crippen LogP contribution in [0.2, 0.25) is 0 Å². The average Bonchev–Trinajstić information content (AvgIpc) is 2.73. The summed E-state index contributed by atoms with van der Waals surface area (Å²) in [6.45, 7) is 8.86. The Morgan fingerprint density at radius 2 is 1.61 bits per heavy atom. The van der Waals surface area contributed by atoms with Gasteiger partial charge in [-0.25, -0.2) is 0 Å². The fraction of sp³-hybridized carbons (Fsp3) is 0.227. The summed E-state index contributed by atoms with van der Waals surface area (Å²) >= 11 is 0. The van der Waals surface area contributed by atoms with Gasteiger partial charge in [-0.2, -0.15) is 0 Å². The lowest BCUT2D eigenvalue weighted by atomic mass is 10.0. The third kappa shape index (κ3) is 3.19. The minimum absolute atomic E-state index is 0.528. The number of benzene rings is 1. The van der Waals surface area contributed by atoms with E-state index in [0.717, 1.165) is 5.69 Å². The van der Waals surface area contributed by atoms with Crippen molar-refractivity contribution in [1.29, 1.82) is 0 Å². The normalized spacial score (nSPS) is 11.7. The summed E-state index contributed by atoms with van der Waals surface area (Å²) in [5, 5.41) is 0. The summed E-state index contributed by atoms with van der Waals surface area (Å²) in [6, 6.07) is 19.2. The number of para-hydroxylation sites is 1. The first kappa shape index (κ1) is 15.5. The van der Waals surface area contributed by atoms with Crippen molar-refractivity contribution in [3.63, 3.8) is 0 Å². The molecular weight excluding hydrogens is 278 g/mol. The van der Waals surface area contributed by atoms with Crippen LogP contribution < -0.4 is 0 Å². The molecule has 1 nitrogen and oxygen atoms in total. The van der Waals surface area contributed by atoms with Crippen LogP contribution in [0, 0.1) is 13.8 Å². The third-order valence-corrected chi connectivity index (χ3v) is 4.36. The maximum Gasteiger partial charge on any atom is 0.0629 e. The van der Waals surface area contributed by atoms with Gasteiger partial charge in [0.25, 0.3) is 0 Å². The van der Waals surface area contributed by atoms with Crippen LogP contribution >= 0.6 is 0 Å². The van der Waals surface area contributed by atoms with Crippen molar-refractivity contribution >= 4 is 11.9 Å². The van der Waals surface area contributed by atoms with Gasteiger partial charge in [-0.1, -0.05) is 50.2 Å². The van der Waals surface area contributed by atoms with Crippen molar-refractivity contribution < 1.29 is 0 Å². The predicted octanol–water partition coefficient (Wildman–Crippen LogP) is 6.28. The van der Waals surface area contributed by atoms with Crippen LogP contribution in [0.15, 0.2) is 59.6 Å². The topological polar surface area (TPSA) is 12.4 Å². The minimum Gasteiger partial charge on any atom is -0.256 e. The Labute approximate surface area is 139 Å². The molecule has 2 aliphatic rings. The largest absolute Gasteiger partial charge is 0.256 e. The zero-order valence-electron chi connectivity index (χ0n) is 14.3. The van der Waals surface area contributed by atoms with Gasteiger partial charge in [-0.15, -0.1) is 0 Å². The number of hydrogen-bond donors (Lipinski definition) is 0. The van der Waals surface area contributed by atoms with Crippen LogP contribution in [-0.2, 0) is 0 Å². The highest BCUT2D eigenvalue weighted by atomic mass is 14.7. The van der Waals surface area contributed by atoms with E-state index >= 15 is 0 Å². The Morgan fingerprint density at radius 1 is 0.870 bits per heavy atom. The van der Waals surface area contributed by atoms with Crippen molar-refractivity contribution in [2.24, 2.45) is 4.99 Å². The fourth-order valence-electron chi connectivity index (χ4n) is 3.00. The quantitative estimate of drug-likeness (QED) is 0.505. The molecule has 0 saturated heterocycles. The lowest BCUT2D eigenvalue weighted by molar-refractivity contribution is 0.868. The van der Waals surface area contributed by atoms with Crippen molar-refractivity contribution in [1.82, 2.24) is 0 Å². The Balaban J connectivity index is 2.09. The molecule has 0 radical (unpaired) electrons. The van der Waals surface area contributed by atoms with E-state index in [1.54, 1.807) is 0 Å². The molecule has 0 fully saturated rings. The molecule has 0 atom stereocenters. The SMILES string of the molecule is Cc1cc(C=Nc2ccccc2)c2c(C)ccc(C(C)C)cc1-2. The average molecular weight is 301 g/mol. The van der Waals surface area contributed by atoms with Gasteiger partial charge in [-0.05, 0) is 65.8 Å². The van der Waals surface area contributed by atoms with Crippen LogP contribution in [0.25, 0.3) is 11.1 Å². The van der Waals surface area contributed by atoms with E-state index in [4.69, 9.17) is 0 Å². The summed E-state index contributed by atoms with van der Waals surface area (Å²) in [7, 11) is 0. The molecule has 0 aliphatic heterocycles. The van der Waals surface area contributed by atoms with E-state index in [9.17, 15) is 0 Å². The van der Waals surface area contributed by atoms with Crippen molar-refractivity contribution in [3.05, 3.63) is 76.9 Å². The molecule has 0 unspecified atom stereocenters. The number of rotatable bonds is 3. The highest BCUT2D eigenvalue weighted by Crippen LogP contribution is 2.35. The summed E-state index contributed by atoms with van der Waals surface area (Å²) in [6.07, 6.45) is 1.99. The van der Waals surface area contributed by atoms with E-state index in [-0.39, 0.29) is 0 Å². The van der Waals surface area contributed by atoms with Gasteiger partial charge in [0.15, 0.2) is 0 Å². The first-order valence-electron chi connectivity index (χ1n) is 8.19. The van der Waals surface area contributed by atoms with Crippen LogP contribution in [0.1, 0.15) is 42.0 Å². The molecule has 23 heavy (non-hydrogen) atoms. The molecule has 1 heteroatoms. The number of fused-ring (bicyclic) bond motifs is 1. The number of hydrogen-bond acceptors (Lipinski definition) is 1. The third-order valence-electron chi connectivity index (χ3n) is 4.36. The minimum atomic E-state index is 0.528. The maximum absolute atomic E-state index is 4.63.